The van der Waals surface area contributed by atoms with Crippen LogP contribution < -0.4 is 0 Å². The van der Waals surface area contributed by atoms with Gasteiger partial charge in [0.1, 0.15) is 0 Å². The summed E-state index contributed by atoms with van der Waals surface area (Å²) in [6.45, 7) is 9.25. The highest BCUT2D eigenvalue weighted by atomic mass is 14.3. The maximum absolute atomic E-state index is 2.51. The van der Waals surface area contributed by atoms with Crippen molar-refractivity contribution in [3.05, 3.63) is 53.6 Å². The summed E-state index contributed by atoms with van der Waals surface area (Å²) in [5.74, 6) is 1.78. The Labute approximate surface area is 116 Å². The summed E-state index contributed by atoms with van der Waals surface area (Å²) in [5, 5.41) is 2.86. The molecule has 2 aromatic carbocycles. The lowest BCUT2D eigenvalue weighted by Gasteiger charge is -2.29. The largest absolute Gasteiger partial charge is 0.0726 e. The SMILES string of the molecule is CC(C)C1=CC(C(C)C)c2cccc3cccc1c23. The average molecular weight is 250 g/mol. The topological polar surface area (TPSA) is 0 Å². The smallest absolute Gasteiger partial charge is 0.00535 e. The van der Waals surface area contributed by atoms with Crippen molar-refractivity contribution in [2.75, 3.05) is 0 Å². The van der Waals surface area contributed by atoms with Crippen LogP contribution in [0.25, 0.3) is 16.3 Å². The second kappa shape index (κ2) is 4.52. The van der Waals surface area contributed by atoms with E-state index in [2.05, 4.69) is 70.2 Å². The molecule has 0 bridgehead atoms. The first-order chi connectivity index (χ1) is 9.09. The Bertz CT molecular complexity index is 639. The van der Waals surface area contributed by atoms with Crippen LogP contribution in [0, 0.1) is 11.8 Å². The van der Waals surface area contributed by atoms with Crippen LogP contribution in [0.2, 0.25) is 0 Å². The molecule has 0 aliphatic heterocycles. The Balaban J connectivity index is 2.36. The van der Waals surface area contributed by atoms with E-state index in [1.807, 2.05) is 0 Å². The summed E-state index contributed by atoms with van der Waals surface area (Å²) in [5.41, 5.74) is 4.47. The van der Waals surface area contributed by atoms with Crippen molar-refractivity contribution in [1.82, 2.24) is 0 Å². The van der Waals surface area contributed by atoms with Crippen LogP contribution in [0.3, 0.4) is 0 Å². The molecule has 0 saturated heterocycles. The minimum absolute atomic E-state index is 0.552. The highest BCUT2D eigenvalue weighted by molar-refractivity contribution is 5.99. The van der Waals surface area contributed by atoms with Crippen molar-refractivity contribution < 1.29 is 0 Å². The van der Waals surface area contributed by atoms with E-state index in [9.17, 15) is 0 Å². The first kappa shape index (κ1) is 12.5. The second-order valence-corrected chi connectivity index (χ2v) is 6.30. The Morgan fingerprint density at radius 2 is 1.58 bits per heavy atom. The molecule has 1 aliphatic rings. The predicted octanol–water partition coefficient (Wildman–Crippen LogP) is 5.63. The van der Waals surface area contributed by atoms with Crippen LogP contribution in [0.5, 0.6) is 0 Å². The van der Waals surface area contributed by atoms with Crippen molar-refractivity contribution in [3.8, 4) is 0 Å². The fourth-order valence-corrected chi connectivity index (χ4v) is 3.32. The maximum atomic E-state index is 2.51. The molecule has 1 unspecified atom stereocenters. The molecule has 0 amide bonds. The summed E-state index contributed by atoms with van der Waals surface area (Å²) in [4.78, 5) is 0. The average Bonchev–Trinajstić information content (AvgIpc) is 2.39. The molecule has 0 heteroatoms. The third-order valence-electron chi connectivity index (χ3n) is 4.31. The van der Waals surface area contributed by atoms with Crippen LogP contribution in [-0.4, -0.2) is 0 Å². The Kier molecular flexibility index (Phi) is 2.97. The molecule has 98 valence electrons. The van der Waals surface area contributed by atoms with E-state index in [0.29, 0.717) is 17.8 Å². The first-order valence-corrected chi connectivity index (χ1v) is 7.33. The van der Waals surface area contributed by atoms with Crippen molar-refractivity contribution >= 4 is 16.3 Å². The molecule has 0 saturated carbocycles. The molecule has 0 fully saturated rings. The number of rotatable bonds is 2. The van der Waals surface area contributed by atoms with Crippen molar-refractivity contribution in [1.29, 1.82) is 0 Å². The van der Waals surface area contributed by atoms with E-state index in [-0.39, 0.29) is 0 Å². The number of hydrogen-bond donors (Lipinski definition) is 0. The zero-order valence-electron chi connectivity index (χ0n) is 12.3. The highest BCUT2D eigenvalue weighted by Crippen LogP contribution is 2.43. The van der Waals surface area contributed by atoms with E-state index in [0.717, 1.165) is 0 Å². The van der Waals surface area contributed by atoms with Gasteiger partial charge in [-0.1, -0.05) is 70.2 Å². The zero-order chi connectivity index (χ0) is 13.6. The molecule has 0 nitrogen and oxygen atoms in total. The van der Waals surface area contributed by atoms with Crippen molar-refractivity contribution in [3.63, 3.8) is 0 Å². The number of benzene rings is 2. The number of hydrogen-bond acceptors (Lipinski definition) is 0. The molecule has 19 heavy (non-hydrogen) atoms. The van der Waals surface area contributed by atoms with Gasteiger partial charge in [0.15, 0.2) is 0 Å². The van der Waals surface area contributed by atoms with Crippen molar-refractivity contribution in [2.45, 2.75) is 33.6 Å². The van der Waals surface area contributed by atoms with Crippen LogP contribution in [0.4, 0.5) is 0 Å². The van der Waals surface area contributed by atoms with Gasteiger partial charge >= 0.3 is 0 Å². The first-order valence-electron chi connectivity index (χ1n) is 7.33. The van der Waals surface area contributed by atoms with Gasteiger partial charge in [0, 0.05) is 5.92 Å². The van der Waals surface area contributed by atoms with Gasteiger partial charge in [0.05, 0.1) is 0 Å². The third kappa shape index (κ3) is 1.90. The van der Waals surface area contributed by atoms with Crippen molar-refractivity contribution in [2.24, 2.45) is 11.8 Å². The van der Waals surface area contributed by atoms with Gasteiger partial charge in [-0.05, 0) is 39.3 Å². The van der Waals surface area contributed by atoms with Gasteiger partial charge in [-0.3, -0.25) is 0 Å². The van der Waals surface area contributed by atoms with Crippen LogP contribution in [0.1, 0.15) is 44.7 Å². The van der Waals surface area contributed by atoms with Crippen LogP contribution >= 0.6 is 0 Å². The van der Waals surface area contributed by atoms with E-state index in [1.54, 1.807) is 0 Å². The van der Waals surface area contributed by atoms with E-state index >= 15 is 0 Å². The lowest BCUT2D eigenvalue weighted by molar-refractivity contribution is 0.577. The monoisotopic (exact) mass is 250 g/mol. The molecular weight excluding hydrogens is 228 g/mol. The van der Waals surface area contributed by atoms with Gasteiger partial charge in [0.25, 0.3) is 0 Å². The Morgan fingerprint density at radius 3 is 2.21 bits per heavy atom. The summed E-state index contributed by atoms with van der Waals surface area (Å²) < 4.78 is 0. The van der Waals surface area contributed by atoms with Crippen LogP contribution in [0.15, 0.2) is 42.5 Å². The fraction of sp³-hybridized carbons (Fsp3) is 0.368. The lowest BCUT2D eigenvalue weighted by atomic mass is 9.75. The van der Waals surface area contributed by atoms with Gasteiger partial charge in [0.2, 0.25) is 0 Å². The molecule has 0 spiro atoms. The minimum atomic E-state index is 0.552. The van der Waals surface area contributed by atoms with E-state index in [1.165, 1.54) is 27.5 Å². The summed E-state index contributed by atoms with van der Waals surface area (Å²) in [6.07, 6.45) is 2.51. The third-order valence-corrected chi connectivity index (χ3v) is 4.31. The minimum Gasteiger partial charge on any atom is -0.0726 e. The maximum Gasteiger partial charge on any atom is 0.00535 e. The summed E-state index contributed by atoms with van der Waals surface area (Å²) in [7, 11) is 0. The molecule has 0 radical (unpaired) electrons. The second-order valence-electron chi connectivity index (χ2n) is 6.30. The standard InChI is InChI=1S/C19H22/c1-12(2)17-11-18(13(3)4)16-10-6-8-14-7-5-9-15(17)19(14)16/h5-13,17H,1-4H3. The van der Waals surface area contributed by atoms with Gasteiger partial charge < -0.3 is 0 Å². The van der Waals surface area contributed by atoms with Gasteiger partial charge in [-0.25, -0.2) is 0 Å². The Hall–Kier alpha value is -1.56. The molecule has 0 N–H and O–H groups in total. The lowest BCUT2D eigenvalue weighted by Crippen LogP contribution is -2.12. The van der Waals surface area contributed by atoms with Gasteiger partial charge in [-0.15, -0.1) is 0 Å². The summed E-state index contributed by atoms with van der Waals surface area (Å²) in [6, 6.07) is 13.5. The Morgan fingerprint density at radius 1 is 0.895 bits per heavy atom. The van der Waals surface area contributed by atoms with Crippen LogP contribution in [-0.2, 0) is 0 Å². The summed E-state index contributed by atoms with van der Waals surface area (Å²) >= 11 is 0. The van der Waals surface area contributed by atoms with E-state index < -0.39 is 0 Å². The quantitative estimate of drug-likeness (QED) is 0.647. The molecule has 2 aromatic rings. The zero-order valence-corrected chi connectivity index (χ0v) is 12.3. The predicted molar refractivity (Wildman–Crippen MR) is 84.3 cm³/mol. The molecule has 0 aromatic heterocycles. The number of allylic oxidation sites excluding steroid dienone is 2. The molecule has 3 rings (SSSR count). The van der Waals surface area contributed by atoms with Gasteiger partial charge in [-0.2, -0.15) is 0 Å². The molecular formula is C19H22. The molecule has 1 atom stereocenters. The molecule has 0 heterocycles. The van der Waals surface area contributed by atoms with E-state index in [4.69, 9.17) is 0 Å². The normalized spacial score (nSPS) is 18.2. The fourth-order valence-electron chi connectivity index (χ4n) is 3.32. The highest BCUT2D eigenvalue weighted by Gasteiger charge is 2.24. The molecule has 1 aliphatic carbocycles.